The first-order valence-electron chi connectivity index (χ1n) is 10.8. The predicted molar refractivity (Wildman–Crippen MR) is 121 cm³/mol. The number of nitrogens with zero attached hydrogens (tertiary/aromatic N) is 3. The molecule has 0 saturated carbocycles. The van der Waals surface area contributed by atoms with E-state index in [4.69, 9.17) is 16.1 Å². The minimum absolute atomic E-state index is 0.000738. The lowest BCUT2D eigenvalue weighted by molar-refractivity contribution is -0.126. The van der Waals surface area contributed by atoms with Crippen LogP contribution in [0.5, 0.6) is 0 Å². The van der Waals surface area contributed by atoms with Gasteiger partial charge in [-0.15, -0.1) is 0 Å². The fraction of sp³-hybridized carbons (Fsp3) is 0.375. The molecule has 1 fully saturated rings. The molecule has 1 atom stereocenters. The molecule has 162 valence electrons. The zero-order chi connectivity index (χ0) is 21.5. The van der Waals surface area contributed by atoms with Crippen LogP contribution in [0.2, 0.25) is 5.02 Å². The lowest BCUT2D eigenvalue weighted by atomic mass is 9.97. The smallest absolute Gasteiger partial charge is 0.241 e. The van der Waals surface area contributed by atoms with Crippen LogP contribution in [0.3, 0.4) is 0 Å². The molecule has 31 heavy (non-hydrogen) atoms. The molecule has 1 aromatic heterocycles. The van der Waals surface area contributed by atoms with E-state index in [0.717, 1.165) is 37.8 Å². The van der Waals surface area contributed by atoms with Crippen molar-refractivity contribution in [3.8, 4) is 11.4 Å². The Morgan fingerprint density at radius 2 is 2.06 bits per heavy atom. The van der Waals surface area contributed by atoms with Crippen LogP contribution < -0.4 is 5.32 Å². The molecule has 4 rings (SSSR count). The highest BCUT2D eigenvalue weighted by atomic mass is 35.5. The van der Waals surface area contributed by atoms with Gasteiger partial charge in [-0.2, -0.15) is 4.98 Å². The lowest BCUT2D eigenvalue weighted by Crippen LogP contribution is -2.43. The summed E-state index contributed by atoms with van der Waals surface area (Å²) in [6.45, 7) is 2.88. The quantitative estimate of drug-likeness (QED) is 0.529. The SMILES string of the molecule is O=C(NCCCc1ccccc1)C1CCCN(Cc2nc(-c3cccc(Cl)c3)no2)C1. The fourth-order valence-corrected chi connectivity index (χ4v) is 4.15. The van der Waals surface area contributed by atoms with Gasteiger partial charge in [-0.25, -0.2) is 0 Å². The number of carbonyl (C=O) groups is 1. The van der Waals surface area contributed by atoms with Gasteiger partial charge in [0.1, 0.15) is 0 Å². The molecule has 1 amide bonds. The third kappa shape index (κ3) is 6.15. The average Bonchev–Trinajstić information content (AvgIpc) is 3.26. The summed E-state index contributed by atoms with van der Waals surface area (Å²) in [6.07, 6.45) is 3.82. The Bertz CT molecular complexity index is 992. The largest absolute Gasteiger partial charge is 0.356 e. The standard InChI is InChI=1S/C24H27ClN4O2/c25-21-12-4-10-19(15-21)23-27-22(31-28-23)17-29-14-6-11-20(16-29)24(30)26-13-5-9-18-7-2-1-3-8-18/h1-4,7-8,10,12,15,20H,5-6,9,11,13-14,16-17H2,(H,26,30). The van der Waals surface area contributed by atoms with Crippen molar-refractivity contribution in [3.05, 3.63) is 71.1 Å². The van der Waals surface area contributed by atoms with Crippen LogP contribution in [0.4, 0.5) is 0 Å². The maximum absolute atomic E-state index is 12.6. The second-order valence-electron chi connectivity index (χ2n) is 7.98. The van der Waals surface area contributed by atoms with Crippen molar-refractivity contribution in [1.82, 2.24) is 20.4 Å². The Labute approximate surface area is 187 Å². The predicted octanol–water partition coefficient (Wildman–Crippen LogP) is 4.35. The van der Waals surface area contributed by atoms with E-state index in [1.54, 1.807) is 0 Å². The number of aryl methyl sites for hydroxylation is 1. The van der Waals surface area contributed by atoms with E-state index in [1.165, 1.54) is 5.56 Å². The molecule has 0 spiro atoms. The first kappa shape index (κ1) is 21.5. The zero-order valence-electron chi connectivity index (χ0n) is 17.5. The number of piperidine rings is 1. The number of hydrogen-bond donors (Lipinski definition) is 1. The summed E-state index contributed by atoms with van der Waals surface area (Å²) in [5, 5.41) is 7.82. The summed E-state index contributed by atoms with van der Waals surface area (Å²) in [5.74, 6) is 1.23. The maximum atomic E-state index is 12.6. The van der Waals surface area contributed by atoms with Crippen molar-refractivity contribution in [3.63, 3.8) is 0 Å². The van der Waals surface area contributed by atoms with Gasteiger partial charge in [0.15, 0.2) is 0 Å². The molecule has 1 aliphatic heterocycles. The summed E-state index contributed by atoms with van der Waals surface area (Å²) >= 11 is 6.05. The molecule has 1 saturated heterocycles. The van der Waals surface area contributed by atoms with E-state index < -0.39 is 0 Å². The second kappa shape index (κ2) is 10.6. The van der Waals surface area contributed by atoms with Gasteiger partial charge in [0.25, 0.3) is 0 Å². The number of rotatable bonds is 8. The van der Waals surface area contributed by atoms with Gasteiger partial charge in [-0.05, 0) is 49.9 Å². The molecule has 3 aromatic rings. The molecule has 0 aliphatic carbocycles. The summed E-state index contributed by atoms with van der Waals surface area (Å²) in [4.78, 5) is 19.3. The first-order valence-corrected chi connectivity index (χ1v) is 11.2. The Morgan fingerprint density at radius 1 is 1.19 bits per heavy atom. The third-order valence-corrected chi connectivity index (χ3v) is 5.81. The Balaban J connectivity index is 1.24. The van der Waals surface area contributed by atoms with Crippen molar-refractivity contribution in [2.75, 3.05) is 19.6 Å². The summed E-state index contributed by atoms with van der Waals surface area (Å²) < 4.78 is 5.43. The third-order valence-electron chi connectivity index (χ3n) is 5.57. The normalized spacial score (nSPS) is 16.9. The molecular weight excluding hydrogens is 412 g/mol. The number of hydrogen-bond acceptors (Lipinski definition) is 5. The number of halogens is 1. The molecule has 1 N–H and O–H groups in total. The molecule has 1 aliphatic rings. The van der Waals surface area contributed by atoms with Gasteiger partial charge in [-0.1, -0.05) is 59.2 Å². The molecule has 1 unspecified atom stereocenters. The monoisotopic (exact) mass is 438 g/mol. The molecule has 0 radical (unpaired) electrons. The Morgan fingerprint density at radius 3 is 2.90 bits per heavy atom. The van der Waals surface area contributed by atoms with Crippen molar-refractivity contribution in [2.24, 2.45) is 5.92 Å². The summed E-state index contributed by atoms with van der Waals surface area (Å²) in [7, 11) is 0. The van der Waals surface area contributed by atoms with Crippen molar-refractivity contribution < 1.29 is 9.32 Å². The van der Waals surface area contributed by atoms with Crippen LogP contribution >= 0.6 is 11.6 Å². The van der Waals surface area contributed by atoms with E-state index in [0.29, 0.717) is 36.4 Å². The lowest BCUT2D eigenvalue weighted by Gasteiger charge is -2.30. The second-order valence-corrected chi connectivity index (χ2v) is 8.41. The number of amides is 1. The number of likely N-dealkylation sites (tertiary alicyclic amines) is 1. The minimum Gasteiger partial charge on any atom is -0.356 e. The molecule has 6 nitrogen and oxygen atoms in total. The summed E-state index contributed by atoms with van der Waals surface area (Å²) in [6, 6.07) is 17.7. The Hall–Kier alpha value is -2.70. The van der Waals surface area contributed by atoms with Crippen molar-refractivity contribution in [2.45, 2.75) is 32.2 Å². The van der Waals surface area contributed by atoms with Crippen LogP contribution in [-0.4, -0.2) is 40.6 Å². The molecular formula is C24H27ClN4O2. The van der Waals surface area contributed by atoms with E-state index in [1.807, 2.05) is 42.5 Å². The molecule has 0 bridgehead atoms. The van der Waals surface area contributed by atoms with E-state index in [9.17, 15) is 4.79 Å². The van der Waals surface area contributed by atoms with E-state index in [-0.39, 0.29) is 11.8 Å². The number of nitrogens with one attached hydrogen (secondary N) is 1. The Kier molecular flexibility index (Phi) is 7.33. The van der Waals surface area contributed by atoms with Gasteiger partial charge >= 0.3 is 0 Å². The van der Waals surface area contributed by atoms with Gasteiger partial charge in [0, 0.05) is 23.7 Å². The number of benzene rings is 2. The first-order chi connectivity index (χ1) is 15.2. The van der Waals surface area contributed by atoms with Crippen LogP contribution in [-0.2, 0) is 17.8 Å². The number of carbonyl (C=O) groups excluding carboxylic acids is 1. The minimum atomic E-state index is 0.000738. The van der Waals surface area contributed by atoms with Crippen LogP contribution in [0.1, 0.15) is 30.7 Å². The highest BCUT2D eigenvalue weighted by molar-refractivity contribution is 6.30. The average molecular weight is 439 g/mol. The van der Waals surface area contributed by atoms with E-state index in [2.05, 4.69) is 32.5 Å². The van der Waals surface area contributed by atoms with Gasteiger partial charge in [0.2, 0.25) is 17.6 Å². The number of aromatic nitrogens is 2. The van der Waals surface area contributed by atoms with Gasteiger partial charge in [0.05, 0.1) is 12.5 Å². The summed E-state index contributed by atoms with van der Waals surface area (Å²) in [5.41, 5.74) is 2.13. The fourth-order valence-electron chi connectivity index (χ4n) is 3.96. The van der Waals surface area contributed by atoms with Crippen LogP contribution in [0.15, 0.2) is 59.1 Å². The molecule has 2 aromatic carbocycles. The zero-order valence-corrected chi connectivity index (χ0v) is 18.2. The maximum Gasteiger partial charge on any atom is 0.241 e. The van der Waals surface area contributed by atoms with Gasteiger partial charge < -0.3 is 9.84 Å². The van der Waals surface area contributed by atoms with E-state index >= 15 is 0 Å². The van der Waals surface area contributed by atoms with Crippen LogP contribution in [0.25, 0.3) is 11.4 Å². The highest BCUT2D eigenvalue weighted by Gasteiger charge is 2.26. The van der Waals surface area contributed by atoms with Crippen molar-refractivity contribution >= 4 is 17.5 Å². The van der Waals surface area contributed by atoms with Crippen molar-refractivity contribution in [1.29, 1.82) is 0 Å². The van der Waals surface area contributed by atoms with Gasteiger partial charge in [-0.3, -0.25) is 9.69 Å². The molecule has 2 heterocycles. The highest BCUT2D eigenvalue weighted by Crippen LogP contribution is 2.22. The van der Waals surface area contributed by atoms with Crippen LogP contribution in [0, 0.1) is 5.92 Å². The topological polar surface area (TPSA) is 71.3 Å². The molecule has 7 heteroatoms.